The molecule has 0 radical (unpaired) electrons. The van der Waals surface area contributed by atoms with Crippen LogP contribution < -0.4 is 5.32 Å². The van der Waals surface area contributed by atoms with Crippen molar-refractivity contribution < 1.29 is 13.2 Å². The average Bonchev–Trinajstić information content (AvgIpc) is 2.26. The van der Waals surface area contributed by atoms with Crippen LogP contribution in [0.2, 0.25) is 0 Å². The molecule has 106 valence electrons. The number of alkyl halides is 3. The smallest absolute Gasteiger partial charge is 0.303 e. The molecule has 1 saturated heterocycles. The zero-order chi connectivity index (χ0) is 14.3. The third kappa shape index (κ3) is 3.11. The van der Waals surface area contributed by atoms with Gasteiger partial charge in [-0.2, -0.15) is 13.2 Å². The lowest BCUT2D eigenvalue weighted by Gasteiger charge is -2.45. The van der Waals surface area contributed by atoms with E-state index in [-0.39, 0.29) is 11.1 Å². The lowest BCUT2D eigenvalue weighted by Crippen LogP contribution is -2.54. The van der Waals surface area contributed by atoms with Crippen molar-refractivity contribution >= 4 is 0 Å². The molecule has 4 heteroatoms. The topological polar surface area (TPSA) is 12.0 Å². The lowest BCUT2D eigenvalue weighted by molar-refractivity contribution is -0.137. The van der Waals surface area contributed by atoms with Gasteiger partial charge in [-0.25, -0.2) is 0 Å². The molecule has 1 heterocycles. The van der Waals surface area contributed by atoms with Crippen LogP contribution in [0.15, 0.2) is 24.3 Å². The molecular formula is C15H20F3N. The van der Waals surface area contributed by atoms with E-state index in [1.165, 1.54) is 12.1 Å². The summed E-state index contributed by atoms with van der Waals surface area (Å²) in [7, 11) is 0. The Bertz CT molecular complexity index is 447. The van der Waals surface area contributed by atoms with Crippen LogP contribution in [0.4, 0.5) is 13.2 Å². The highest BCUT2D eigenvalue weighted by atomic mass is 19.4. The van der Waals surface area contributed by atoms with Gasteiger partial charge in [0.15, 0.2) is 0 Å². The first-order chi connectivity index (χ1) is 8.62. The van der Waals surface area contributed by atoms with E-state index < -0.39 is 11.7 Å². The molecule has 2 rings (SSSR count). The fourth-order valence-corrected chi connectivity index (χ4v) is 3.00. The van der Waals surface area contributed by atoms with Crippen LogP contribution in [0, 0.1) is 0 Å². The predicted molar refractivity (Wildman–Crippen MR) is 69.9 cm³/mol. The van der Waals surface area contributed by atoms with Crippen molar-refractivity contribution in [2.75, 3.05) is 0 Å². The molecule has 1 atom stereocenters. The van der Waals surface area contributed by atoms with Gasteiger partial charge in [0, 0.05) is 11.1 Å². The van der Waals surface area contributed by atoms with E-state index in [4.69, 9.17) is 0 Å². The molecule has 0 spiro atoms. The van der Waals surface area contributed by atoms with E-state index in [0.717, 1.165) is 24.8 Å². The minimum absolute atomic E-state index is 0.0235. The summed E-state index contributed by atoms with van der Waals surface area (Å²) < 4.78 is 37.7. The quantitative estimate of drug-likeness (QED) is 0.794. The zero-order valence-corrected chi connectivity index (χ0v) is 11.6. The highest BCUT2D eigenvalue weighted by molar-refractivity contribution is 5.30. The summed E-state index contributed by atoms with van der Waals surface area (Å²) in [5, 5.41) is 3.56. The lowest BCUT2D eigenvalue weighted by atomic mass is 9.77. The molecule has 1 N–H and O–H groups in total. The molecule has 19 heavy (non-hydrogen) atoms. The van der Waals surface area contributed by atoms with Crippen LogP contribution in [0.1, 0.15) is 51.2 Å². The maximum absolute atomic E-state index is 12.6. The van der Waals surface area contributed by atoms with Crippen molar-refractivity contribution in [3.8, 4) is 0 Å². The second-order valence-corrected chi connectivity index (χ2v) is 6.27. The van der Waals surface area contributed by atoms with Crippen LogP contribution in [-0.2, 0) is 11.7 Å². The fourth-order valence-electron chi connectivity index (χ4n) is 3.00. The summed E-state index contributed by atoms with van der Waals surface area (Å²) in [5.74, 6) is 0. The van der Waals surface area contributed by atoms with Crippen molar-refractivity contribution in [3.63, 3.8) is 0 Å². The highest BCUT2D eigenvalue weighted by Gasteiger charge is 2.37. The molecule has 0 saturated carbocycles. The van der Waals surface area contributed by atoms with E-state index in [2.05, 4.69) is 26.1 Å². The summed E-state index contributed by atoms with van der Waals surface area (Å²) in [4.78, 5) is 0. The minimum Gasteiger partial charge on any atom is -0.303 e. The molecule has 0 aliphatic carbocycles. The Hall–Kier alpha value is -1.03. The third-order valence-corrected chi connectivity index (χ3v) is 3.94. The molecular weight excluding hydrogens is 251 g/mol. The second-order valence-electron chi connectivity index (χ2n) is 6.27. The summed E-state index contributed by atoms with van der Waals surface area (Å²) in [6.45, 7) is 6.33. The first kappa shape index (κ1) is 14.4. The number of benzene rings is 1. The Kier molecular flexibility index (Phi) is 3.42. The Morgan fingerprint density at radius 2 is 1.58 bits per heavy atom. The van der Waals surface area contributed by atoms with Crippen LogP contribution >= 0.6 is 0 Å². The molecule has 1 aromatic carbocycles. The van der Waals surface area contributed by atoms with E-state index >= 15 is 0 Å². The molecule has 1 aliphatic rings. The normalized spacial score (nSPS) is 27.3. The first-order valence-electron chi connectivity index (χ1n) is 6.60. The Morgan fingerprint density at radius 3 is 2.05 bits per heavy atom. The van der Waals surface area contributed by atoms with Crippen LogP contribution in [0.25, 0.3) is 0 Å². The molecule has 0 amide bonds. The second kappa shape index (κ2) is 4.51. The van der Waals surface area contributed by atoms with Crippen molar-refractivity contribution in [3.05, 3.63) is 35.4 Å². The van der Waals surface area contributed by atoms with E-state index in [1.807, 2.05) is 0 Å². The molecule has 0 aromatic heterocycles. The number of halogens is 3. The van der Waals surface area contributed by atoms with Crippen molar-refractivity contribution in [1.29, 1.82) is 0 Å². The summed E-state index contributed by atoms with van der Waals surface area (Å²) in [6, 6.07) is 5.53. The van der Waals surface area contributed by atoms with Gasteiger partial charge in [-0.15, -0.1) is 0 Å². The van der Waals surface area contributed by atoms with Crippen LogP contribution in [0.5, 0.6) is 0 Å². The number of hydrogen-bond acceptors (Lipinski definition) is 1. The Morgan fingerprint density at radius 1 is 1.00 bits per heavy atom. The van der Waals surface area contributed by atoms with Gasteiger partial charge >= 0.3 is 6.18 Å². The number of nitrogens with one attached hydrogen (secondary N) is 1. The van der Waals surface area contributed by atoms with Gasteiger partial charge in [0.1, 0.15) is 0 Å². The molecule has 1 aromatic rings. The van der Waals surface area contributed by atoms with E-state index in [1.54, 1.807) is 12.1 Å². The number of hydrogen-bond donors (Lipinski definition) is 1. The van der Waals surface area contributed by atoms with Crippen molar-refractivity contribution in [2.24, 2.45) is 0 Å². The predicted octanol–water partition coefficient (Wildman–Crippen LogP) is 4.47. The molecule has 0 bridgehead atoms. The van der Waals surface area contributed by atoms with Gasteiger partial charge in [0.2, 0.25) is 0 Å². The van der Waals surface area contributed by atoms with E-state index in [9.17, 15) is 13.2 Å². The molecule has 1 nitrogen and oxygen atoms in total. The number of rotatable bonds is 1. The van der Waals surface area contributed by atoms with Gasteiger partial charge in [0.25, 0.3) is 0 Å². The van der Waals surface area contributed by atoms with Gasteiger partial charge in [0.05, 0.1) is 5.56 Å². The minimum atomic E-state index is -4.27. The fraction of sp³-hybridized carbons (Fsp3) is 0.600. The Balaban J connectivity index is 2.26. The van der Waals surface area contributed by atoms with Crippen molar-refractivity contribution in [2.45, 2.75) is 57.3 Å². The largest absolute Gasteiger partial charge is 0.416 e. The first-order valence-corrected chi connectivity index (χ1v) is 6.60. The molecule has 1 aliphatic heterocycles. The molecule has 1 fully saturated rings. The van der Waals surface area contributed by atoms with E-state index in [0.29, 0.717) is 0 Å². The van der Waals surface area contributed by atoms with Gasteiger partial charge < -0.3 is 5.32 Å². The number of piperidine rings is 1. The van der Waals surface area contributed by atoms with Crippen LogP contribution in [0.3, 0.4) is 0 Å². The zero-order valence-electron chi connectivity index (χ0n) is 11.6. The standard InChI is InChI=1S/C15H20F3N/c1-13(2)9-4-10-14(3,19-13)11-5-7-12(8-6-11)15(16,17)18/h5-8,19H,4,9-10H2,1-3H3. The third-order valence-electron chi connectivity index (χ3n) is 3.94. The van der Waals surface area contributed by atoms with Gasteiger partial charge in [-0.05, 0) is 57.7 Å². The summed E-state index contributed by atoms with van der Waals surface area (Å²) >= 11 is 0. The molecule has 1 unspecified atom stereocenters. The monoisotopic (exact) mass is 271 g/mol. The average molecular weight is 271 g/mol. The summed E-state index contributed by atoms with van der Waals surface area (Å²) in [6.07, 6.45) is -1.15. The summed E-state index contributed by atoms with van der Waals surface area (Å²) in [5.41, 5.74) is 0.116. The van der Waals surface area contributed by atoms with Gasteiger partial charge in [-0.3, -0.25) is 0 Å². The SMILES string of the molecule is CC1(C)CCCC(C)(c2ccc(C(F)(F)F)cc2)N1. The van der Waals surface area contributed by atoms with Crippen molar-refractivity contribution in [1.82, 2.24) is 5.32 Å². The Labute approximate surface area is 112 Å². The van der Waals surface area contributed by atoms with Crippen LogP contribution in [-0.4, -0.2) is 5.54 Å². The van der Waals surface area contributed by atoms with Gasteiger partial charge in [-0.1, -0.05) is 12.1 Å². The highest BCUT2D eigenvalue weighted by Crippen LogP contribution is 2.37. The maximum Gasteiger partial charge on any atom is 0.416 e. The maximum atomic E-state index is 12.6.